The zero-order valence-electron chi connectivity index (χ0n) is 6.85. The van der Waals surface area contributed by atoms with Gasteiger partial charge in [0.15, 0.2) is 0 Å². The van der Waals surface area contributed by atoms with Crippen LogP contribution in [0.4, 0.5) is 0 Å². The monoisotopic (exact) mass is 222 g/mol. The molecule has 0 aromatic carbocycles. The van der Waals surface area contributed by atoms with E-state index in [4.69, 9.17) is 5.11 Å². The van der Waals surface area contributed by atoms with Crippen molar-refractivity contribution < 1.29 is 9.90 Å². The van der Waals surface area contributed by atoms with Crippen molar-refractivity contribution in [3.05, 3.63) is 0 Å². The smallest absolute Gasteiger partial charge is 0.303 e. The molecule has 66 valence electrons. The number of hydrogen-bond acceptors (Lipinski definition) is 1. The molecule has 1 N–H and O–H groups in total. The van der Waals surface area contributed by atoms with Gasteiger partial charge in [0.05, 0.1) is 0 Å². The van der Waals surface area contributed by atoms with E-state index in [0.717, 1.165) is 24.6 Å². The normalized spacial score (nSPS) is 12.9. The van der Waals surface area contributed by atoms with Gasteiger partial charge in [0, 0.05) is 11.8 Å². The third kappa shape index (κ3) is 7.85. The zero-order valence-corrected chi connectivity index (χ0v) is 8.43. The molecule has 3 heteroatoms. The van der Waals surface area contributed by atoms with Gasteiger partial charge in [0.25, 0.3) is 0 Å². The predicted octanol–water partition coefficient (Wildman–Crippen LogP) is 2.66. The minimum Gasteiger partial charge on any atom is -0.481 e. The molecule has 0 aromatic heterocycles. The van der Waals surface area contributed by atoms with Gasteiger partial charge >= 0.3 is 5.97 Å². The maximum absolute atomic E-state index is 10.1. The predicted molar refractivity (Wildman–Crippen MR) is 49.1 cm³/mol. The van der Waals surface area contributed by atoms with Gasteiger partial charge in [0.1, 0.15) is 0 Å². The lowest BCUT2D eigenvalue weighted by Gasteiger charge is -2.06. The molecule has 0 aliphatic carbocycles. The second kappa shape index (κ2) is 6.65. The summed E-state index contributed by atoms with van der Waals surface area (Å²) in [6.07, 6.45) is 3.29. The first-order valence-electron chi connectivity index (χ1n) is 3.94. The van der Waals surface area contributed by atoms with Crippen LogP contribution >= 0.6 is 15.9 Å². The minimum absolute atomic E-state index is 0.312. The molecule has 0 radical (unpaired) electrons. The van der Waals surface area contributed by atoms with Crippen LogP contribution < -0.4 is 0 Å². The van der Waals surface area contributed by atoms with Crippen LogP contribution in [0.3, 0.4) is 0 Å². The lowest BCUT2D eigenvalue weighted by Crippen LogP contribution is -1.99. The Morgan fingerprint density at radius 1 is 1.55 bits per heavy atom. The van der Waals surface area contributed by atoms with Crippen LogP contribution in [0.15, 0.2) is 0 Å². The highest BCUT2D eigenvalue weighted by Crippen LogP contribution is 2.12. The lowest BCUT2D eigenvalue weighted by atomic mass is 10.0. The molecule has 2 nitrogen and oxygen atoms in total. The SMILES string of the molecule is CC(CCBr)CCCC(=O)O. The molecule has 11 heavy (non-hydrogen) atoms. The van der Waals surface area contributed by atoms with Crippen molar-refractivity contribution in [1.82, 2.24) is 0 Å². The van der Waals surface area contributed by atoms with Crippen molar-refractivity contribution in [2.24, 2.45) is 5.92 Å². The molecule has 1 unspecified atom stereocenters. The number of carboxylic acids is 1. The molecule has 0 heterocycles. The molecule has 0 spiro atoms. The van der Waals surface area contributed by atoms with E-state index in [0.29, 0.717) is 12.3 Å². The first kappa shape index (κ1) is 11.0. The molecule has 0 saturated carbocycles. The Kier molecular flexibility index (Phi) is 6.62. The van der Waals surface area contributed by atoms with Crippen molar-refractivity contribution in [1.29, 1.82) is 0 Å². The highest BCUT2D eigenvalue weighted by atomic mass is 79.9. The standard InChI is InChI=1S/C8H15BrO2/c1-7(5-6-9)3-2-4-8(10)11/h7H,2-6H2,1H3,(H,10,11). The summed E-state index contributed by atoms with van der Waals surface area (Å²) in [5.41, 5.74) is 0. The Morgan fingerprint density at radius 2 is 2.18 bits per heavy atom. The van der Waals surface area contributed by atoms with E-state index in [9.17, 15) is 4.79 Å². The van der Waals surface area contributed by atoms with Crippen molar-refractivity contribution in [3.8, 4) is 0 Å². The average Bonchev–Trinajstić information content (AvgIpc) is 1.87. The van der Waals surface area contributed by atoms with Crippen LogP contribution in [0.25, 0.3) is 0 Å². The largest absolute Gasteiger partial charge is 0.481 e. The number of rotatable bonds is 6. The van der Waals surface area contributed by atoms with E-state index in [1.54, 1.807) is 0 Å². The van der Waals surface area contributed by atoms with Gasteiger partial charge in [-0.2, -0.15) is 0 Å². The summed E-state index contributed by atoms with van der Waals surface area (Å²) in [5, 5.41) is 9.36. The fraction of sp³-hybridized carbons (Fsp3) is 0.875. The van der Waals surface area contributed by atoms with Gasteiger partial charge in [-0.25, -0.2) is 0 Å². The molecule has 0 bridgehead atoms. The van der Waals surface area contributed by atoms with E-state index in [-0.39, 0.29) is 0 Å². The van der Waals surface area contributed by atoms with Crippen LogP contribution in [0.1, 0.15) is 32.6 Å². The number of carbonyl (C=O) groups is 1. The summed E-state index contributed by atoms with van der Waals surface area (Å²) in [7, 11) is 0. The summed E-state index contributed by atoms with van der Waals surface area (Å²) < 4.78 is 0. The maximum atomic E-state index is 10.1. The summed E-state index contributed by atoms with van der Waals surface area (Å²) in [6.45, 7) is 2.16. The molecule has 1 atom stereocenters. The van der Waals surface area contributed by atoms with Crippen LogP contribution in [-0.2, 0) is 4.79 Å². The Hall–Kier alpha value is -0.0500. The zero-order chi connectivity index (χ0) is 8.69. The molecule has 0 amide bonds. The summed E-state index contributed by atoms with van der Waals surface area (Å²) in [5.74, 6) is -0.0373. The third-order valence-electron chi connectivity index (χ3n) is 1.69. The van der Waals surface area contributed by atoms with Crippen molar-refractivity contribution in [2.75, 3.05) is 5.33 Å². The van der Waals surface area contributed by atoms with Crippen molar-refractivity contribution in [3.63, 3.8) is 0 Å². The number of carboxylic acid groups (broad SMARTS) is 1. The summed E-state index contributed by atoms with van der Waals surface area (Å²) >= 11 is 3.35. The highest BCUT2D eigenvalue weighted by molar-refractivity contribution is 9.09. The molecule has 0 fully saturated rings. The van der Waals surface area contributed by atoms with Crippen molar-refractivity contribution >= 4 is 21.9 Å². The van der Waals surface area contributed by atoms with E-state index >= 15 is 0 Å². The second-order valence-electron chi connectivity index (χ2n) is 2.87. The Labute approximate surface area is 76.1 Å². The molecular formula is C8H15BrO2. The average molecular weight is 223 g/mol. The van der Waals surface area contributed by atoms with Crippen LogP contribution in [0.5, 0.6) is 0 Å². The molecule has 0 aromatic rings. The van der Waals surface area contributed by atoms with Crippen molar-refractivity contribution in [2.45, 2.75) is 32.6 Å². The highest BCUT2D eigenvalue weighted by Gasteiger charge is 2.02. The fourth-order valence-electron chi connectivity index (χ4n) is 0.932. The summed E-state index contributed by atoms with van der Waals surface area (Å²) in [6, 6.07) is 0. The fourth-order valence-corrected chi connectivity index (χ4v) is 1.71. The Balaban J connectivity index is 3.16. The quantitative estimate of drug-likeness (QED) is 0.703. The van der Waals surface area contributed by atoms with E-state index in [1.807, 2.05) is 0 Å². The van der Waals surface area contributed by atoms with Gasteiger partial charge in [-0.15, -0.1) is 0 Å². The lowest BCUT2D eigenvalue weighted by molar-refractivity contribution is -0.137. The van der Waals surface area contributed by atoms with Crippen LogP contribution in [0, 0.1) is 5.92 Å². The number of alkyl halides is 1. The van der Waals surface area contributed by atoms with Crippen LogP contribution in [-0.4, -0.2) is 16.4 Å². The van der Waals surface area contributed by atoms with Gasteiger partial charge in [-0.1, -0.05) is 29.3 Å². The second-order valence-corrected chi connectivity index (χ2v) is 3.66. The molecule has 0 saturated heterocycles. The molecular weight excluding hydrogens is 208 g/mol. The topological polar surface area (TPSA) is 37.3 Å². The van der Waals surface area contributed by atoms with Gasteiger partial charge in [0.2, 0.25) is 0 Å². The third-order valence-corrected chi connectivity index (χ3v) is 2.15. The Bertz CT molecular complexity index is 115. The van der Waals surface area contributed by atoms with Gasteiger partial charge in [-0.05, 0) is 18.8 Å². The minimum atomic E-state index is -0.684. The Morgan fingerprint density at radius 3 is 2.64 bits per heavy atom. The van der Waals surface area contributed by atoms with Gasteiger partial charge < -0.3 is 5.11 Å². The molecule has 0 rings (SSSR count). The first-order valence-corrected chi connectivity index (χ1v) is 5.06. The number of aliphatic carboxylic acids is 1. The molecule has 0 aliphatic rings. The number of hydrogen-bond donors (Lipinski definition) is 1. The summed E-state index contributed by atoms with van der Waals surface area (Å²) in [4.78, 5) is 10.1. The molecule has 0 aliphatic heterocycles. The van der Waals surface area contributed by atoms with E-state index in [1.165, 1.54) is 0 Å². The maximum Gasteiger partial charge on any atom is 0.303 e. The van der Waals surface area contributed by atoms with Crippen LogP contribution in [0.2, 0.25) is 0 Å². The first-order chi connectivity index (χ1) is 5.16. The van der Waals surface area contributed by atoms with Gasteiger partial charge in [-0.3, -0.25) is 4.79 Å². The van der Waals surface area contributed by atoms with E-state index in [2.05, 4.69) is 22.9 Å². The van der Waals surface area contributed by atoms with E-state index < -0.39 is 5.97 Å². The number of halogens is 1.